The highest BCUT2D eigenvalue weighted by Gasteiger charge is 2.08. The Hall–Kier alpha value is -1.60. The third-order valence-corrected chi connectivity index (χ3v) is 2.39. The van der Waals surface area contributed by atoms with Crippen LogP contribution >= 0.6 is 0 Å². The van der Waals surface area contributed by atoms with Gasteiger partial charge in [0.1, 0.15) is 17.4 Å². The molecule has 86 valence electrons. The molecule has 16 heavy (non-hydrogen) atoms. The largest absolute Gasteiger partial charge is 0.396 e. The van der Waals surface area contributed by atoms with E-state index >= 15 is 0 Å². The van der Waals surface area contributed by atoms with Gasteiger partial charge in [0.2, 0.25) is 0 Å². The minimum Gasteiger partial charge on any atom is -0.396 e. The van der Waals surface area contributed by atoms with E-state index in [0.717, 1.165) is 0 Å². The molecule has 1 aromatic rings. The number of benzene rings is 1. The molecule has 0 aliphatic heterocycles. The molecule has 0 saturated carbocycles. The molecular formula is C12H15FN2O. The van der Waals surface area contributed by atoms with Gasteiger partial charge in [-0.3, -0.25) is 0 Å². The Kier molecular flexibility index (Phi) is 4.74. The zero-order valence-electron chi connectivity index (χ0n) is 9.20. The van der Waals surface area contributed by atoms with Crippen molar-refractivity contribution in [1.82, 2.24) is 0 Å². The molecule has 0 fully saturated rings. The summed E-state index contributed by atoms with van der Waals surface area (Å²) >= 11 is 0. The van der Waals surface area contributed by atoms with E-state index < -0.39 is 5.82 Å². The molecular weight excluding hydrogens is 207 g/mol. The maximum absolute atomic E-state index is 13.2. The number of aliphatic hydroxyl groups excluding tert-OH is 1. The Morgan fingerprint density at radius 2 is 2.31 bits per heavy atom. The van der Waals surface area contributed by atoms with Crippen LogP contribution in [0.3, 0.4) is 0 Å². The van der Waals surface area contributed by atoms with Crippen LogP contribution in [0.2, 0.25) is 0 Å². The van der Waals surface area contributed by atoms with Crippen molar-refractivity contribution in [3.05, 3.63) is 29.6 Å². The Morgan fingerprint density at radius 1 is 1.56 bits per heavy atom. The van der Waals surface area contributed by atoms with Gasteiger partial charge in [-0.15, -0.1) is 0 Å². The maximum Gasteiger partial charge on any atom is 0.143 e. The van der Waals surface area contributed by atoms with E-state index in [1.165, 1.54) is 6.07 Å². The lowest BCUT2D eigenvalue weighted by atomic mass is 10.1. The van der Waals surface area contributed by atoms with E-state index in [4.69, 9.17) is 10.4 Å². The molecule has 0 aromatic heterocycles. The predicted molar refractivity (Wildman–Crippen MR) is 60.5 cm³/mol. The van der Waals surface area contributed by atoms with Crippen LogP contribution in [0.15, 0.2) is 18.2 Å². The van der Waals surface area contributed by atoms with Crippen molar-refractivity contribution in [3.63, 3.8) is 0 Å². The molecule has 1 atom stereocenters. The average molecular weight is 222 g/mol. The molecule has 4 heteroatoms. The Labute approximate surface area is 94.5 Å². The van der Waals surface area contributed by atoms with Crippen molar-refractivity contribution in [2.45, 2.75) is 13.3 Å². The van der Waals surface area contributed by atoms with Crippen molar-refractivity contribution in [2.75, 3.05) is 18.5 Å². The lowest BCUT2D eigenvalue weighted by Crippen LogP contribution is -2.13. The topological polar surface area (TPSA) is 56.0 Å². The number of nitrogens with zero attached hydrogens (tertiary/aromatic N) is 1. The van der Waals surface area contributed by atoms with E-state index in [-0.39, 0.29) is 18.1 Å². The molecule has 0 heterocycles. The first-order valence-corrected chi connectivity index (χ1v) is 5.22. The van der Waals surface area contributed by atoms with Gasteiger partial charge in [-0.05, 0) is 24.5 Å². The fourth-order valence-electron chi connectivity index (χ4n) is 1.39. The van der Waals surface area contributed by atoms with Crippen LogP contribution in [0.5, 0.6) is 0 Å². The number of hydrogen-bond donors (Lipinski definition) is 2. The summed E-state index contributed by atoms with van der Waals surface area (Å²) < 4.78 is 13.2. The second-order valence-corrected chi connectivity index (χ2v) is 3.77. The first kappa shape index (κ1) is 12.5. The molecule has 2 N–H and O–H groups in total. The lowest BCUT2D eigenvalue weighted by Gasteiger charge is -2.13. The lowest BCUT2D eigenvalue weighted by molar-refractivity contribution is 0.266. The number of nitriles is 1. The van der Waals surface area contributed by atoms with Crippen LogP contribution in [0.25, 0.3) is 0 Å². The number of nitrogens with one attached hydrogen (secondary N) is 1. The molecule has 0 saturated heterocycles. The summed E-state index contributed by atoms with van der Waals surface area (Å²) in [7, 11) is 0. The van der Waals surface area contributed by atoms with E-state index in [1.807, 2.05) is 13.0 Å². The Bertz CT molecular complexity index is 387. The van der Waals surface area contributed by atoms with Gasteiger partial charge in [0.25, 0.3) is 0 Å². The number of hydrogen-bond acceptors (Lipinski definition) is 3. The van der Waals surface area contributed by atoms with Crippen LogP contribution in [0.4, 0.5) is 10.1 Å². The molecule has 1 aromatic carbocycles. The number of anilines is 1. The summed E-state index contributed by atoms with van der Waals surface area (Å²) in [5.74, 6) is -0.234. The molecule has 0 spiro atoms. The van der Waals surface area contributed by atoms with Crippen LogP contribution in [0, 0.1) is 23.1 Å². The summed E-state index contributed by atoms with van der Waals surface area (Å²) in [6, 6.07) is 6.34. The molecule has 0 bridgehead atoms. The number of aliphatic hydroxyl groups is 1. The van der Waals surface area contributed by atoms with Crippen LogP contribution in [-0.2, 0) is 0 Å². The molecule has 3 nitrogen and oxygen atoms in total. The molecule has 1 rings (SSSR count). The van der Waals surface area contributed by atoms with Gasteiger partial charge in [-0.25, -0.2) is 4.39 Å². The zero-order chi connectivity index (χ0) is 12.0. The Balaban J connectivity index is 2.67. The van der Waals surface area contributed by atoms with Gasteiger partial charge in [0.15, 0.2) is 0 Å². The standard InChI is InChI=1S/C12H15FN2O/c1-9(5-6-16)8-15-12-4-2-3-11(13)10(12)7-14/h2-4,9,15-16H,5-6,8H2,1H3. The summed E-state index contributed by atoms with van der Waals surface area (Å²) in [5, 5.41) is 20.6. The third-order valence-electron chi connectivity index (χ3n) is 2.39. The van der Waals surface area contributed by atoms with Gasteiger partial charge < -0.3 is 10.4 Å². The van der Waals surface area contributed by atoms with Crippen LogP contribution in [-0.4, -0.2) is 18.3 Å². The molecule has 1 unspecified atom stereocenters. The smallest absolute Gasteiger partial charge is 0.143 e. The quantitative estimate of drug-likeness (QED) is 0.802. The van der Waals surface area contributed by atoms with Crippen molar-refractivity contribution < 1.29 is 9.50 Å². The summed E-state index contributed by atoms with van der Waals surface area (Å²) in [6.07, 6.45) is 0.685. The second-order valence-electron chi connectivity index (χ2n) is 3.77. The first-order chi connectivity index (χ1) is 7.69. The minimum absolute atomic E-state index is 0.0405. The monoisotopic (exact) mass is 222 g/mol. The van der Waals surface area contributed by atoms with Crippen LogP contribution < -0.4 is 5.32 Å². The van der Waals surface area contributed by atoms with E-state index in [1.54, 1.807) is 12.1 Å². The van der Waals surface area contributed by atoms with Crippen molar-refractivity contribution in [1.29, 1.82) is 5.26 Å². The number of halogens is 1. The average Bonchev–Trinajstić information content (AvgIpc) is 2.27. The van der Waals surface area contributed by atoms with Gasteiger partial charge in [0, 0.05) is 13.2 Å². The summed E-state index contributed by atoms with van der Waals surface area (Å²) in [5.41, 5.74) is 0.547. The van der Waals surface area contributed by atoms with Crippen molar-refractivity contribution in [2.24, 2.45) is 5.92 Å². The first-order valence-electron chi connectivity index (χ1n) is 5.22. The molecule has 0 aliphatic carbocycles. The number of rotatable bonds is 5. The molecule has 0 aliphatic rings. The predicted octanol–water partition coefficient (Wildman–Crippen LogP) is 2.13. The van der Waals surface area contributed by atoms with E-state index in [0.29, 0.717) is 18.7 Å². The Morgan fingerprint density at radius 3 is 2.94 bits per heavy atom. The zero-order valence-corrected chi connectivity index (χ0v) is 9.20. The third kappa shape index (κ3) is 3.21. The van der Waals surface area contributed by atoms with Gasteiger partial charge in [-0.2, -0.15) is 5.26 Å². The van der Waals surface area contributed by atoms with Gasteiger partial charge in [-0.1, -0.05) is 13.0 Å². The highest BCUT2D eigenvalue weighted by molar-refractivity contribution is 5.57. The molecule has 0 amide bonds. The fraction of sp³-hybridized carbons (Fsp3) is 0.417. The van der Waals surface area contributed by atoms with E-state index in [2.05, 4.69) is 5.32 Å². The van der Waals surface area contributed by atoms with Crippen molar-refractivity contribution >= 4 is 5.69 Å². The van der Waals surface area contributed by atoms with E-state index in [9.17, 15) is 4.39 Å². The normalized spacial score (nSPS) is 11.9. The van der Waals surface area contributed by atoms with Crippen molar-refractivity contribution in [3.8, 4) is 6.07 Å². The fourth-order valence-corrected chi connectivity index (χ4v) is 1.39. The van der Waals surface area contributed by atoms with Gasteiger partial charge >= 0.3 is 0 Å². The summed E-state index contributed by atoms with van der Waals surface area (Å²) in [6.45, 7) is 2.73. The highest BCUT2D eigenvalue weighted by Crippen LogP contribution is 2.18. The maximum atomic E-state index is 13.2. The minimum atomic E-state index is -0.512. The SMILES string of the molecule is CC(CCO)CNc1cccc(F)c1C#N. The summed E-state index contributed by atoms with van der Waals surface area (Å²) in [4.78, 5) is 0. The van der Waals surface area contributed by atoms with Crippen LogP contribution in [0.1, 0.15) is 18.9 Å². The van der Waals surface area contributed by atoms with Gasteiger partial charge in [0.05, 0.1) is 5.69 Å². The highest BCUT2D eigenvalue weighted by atomic mass is 19.1. The second kappa shape index (κ2) is 6.09. The molecule has 0 radical (unpaired) electrons.